The van der Waals surface area contributed by atoms with Crippen LogP contribution >= 0.6 is 11.3 Å². The molecule has 0 saturated heterocycles. The lowest BCUT2D eigenvalue weighted by molar-refractivity contribution is 0.0911. The first-order valence-corrected chi connectivity index (χ1v) is 9.72. The summed E-state index contributed by atoms with van der Waals surface area (Å²) in [5.41, 5.74) is 3.24. The molecule has 0 amide bonds. The molecule has 1 aliphatic rings. The summed E-state index contributed by atoms with van der Waals surface area (Å²) < 4.78 is 7.26. The molecule has 0 saturated carbocycles. The van der Waals surface area contributed by atoms with Crippen molar-refractivity contribution < 1.29 is 9.84 Å². The van der Waals surface area contributed by atoms with Crippen LogP contribution in [0.5, 0.6) is 5.75 Å². The fourth-order valence-electron chi connectivity index (χ4n) is 3.48. The number of aromatic nitrogens is 2. The number of aryl methyl sites for hydroxylation is 4. The van der Waals surface area contributed by atoms with Crippen LogP contribution in [-0.4, -0.2) is 27.4 Å². The number of ether oxygens (including phenoxy) is 1. The Hall–Kier alpha value is -2.18. The van der Waals surface area contributed by atoms with Crippen molar-refractivity contribution in [3.8, 4) is 5.75 Å². The van der Waals surface area contributed by atoms with Crippen LogP contribution in [0.2, 0.25) is 0 Å². The van der Waals surface area contributed by atoms with Gasteiger partial charge in [-0.3, -0.25) is 9.36 Å². The zero-order chi connectivity index (χ0) is 18.3. The Bertz CT molecular complexity index is 1020. The van der Waals surface area contributed by atoms with Gasteiger partial charge in [-0.15, -0.1) is 11.3 Å². The van der Waals surface area contributed by atoms with Gasteiger partial charge in [-0.05, 0) is 55.9 Å². The van der Waals surface area contributed by atoms with Crippen LogP contribution < -0.4 is 10.3 Å². The Morgan fingerprint density at radius 3 is 3.04 bits per heavy atom. The number of aliphatic hydroxyl groups is 1. The van der Waals surface area contributed by atoms with E-state index in [1.54, 1.807) is 11.3 Å². The van der Waals surface area contributed by atoms with Gasteiger partial charge in [0.05, 0.1) is 18.3 Å². The number of hydrogen-bond donors (Lipinski definition) is 1. The lowest BCUT2D eigenvalue weighted by Crippen LogP contribution is -2.30. The summed E-state index contributed by atoms with van der Waals surface area (Å²) in [5, 5.41) is 11.1. The predicted octanol–water partition coefficient (Wildman–Crippen LogP) is 3.00. The summed E-state index contributed by atoms with van der Waals surface area (Å²) in [6, 6.07) is 5.98. The van der Waals surface area contributed by atoms with Gasteiger partial charge in [0.1, 0.15) is 23.3 Å². The van der Waals surface area contributed by atoms with Crippen molar-refractivity contribution in [1.29, 1.82) is 0 Å². The highest BCUT2D eigenvalue weighted by atomic mass is 32.1. The van der Waals surface area contributed by atoms with Gasteiger partial charge in [-0.1, -0.05) is 12.1 Å². The molecular weight excluding hydrogens is 348 g/mol. The number of benzene rings is 1. The second-order valence-corrected chi connectivity index (χ2v) is 8.06. The summed E-state index contributed by atoms with van der Waals surface area (Å²) in [5.74, 6) is 0.764. The van der Waals surface area contributed by atoms with Crippen molar-refractivity contribution in [2.45, 2.75) is 45.8 Å². The highest BCUT2D eigenvalue weighted by Gasteiger charge is 2.21. The van der Waals surface area contributed by atoms with E-state index < -0.39 is 6.10 Å². The average molecular weight is 370 g/mol. The molecule has 5 nitrogen and oxygen atoms in total. The SMILES string of the molecule is Cc1ccc(C)c(OC[C@H](O)Cn2cnc3sc4c(c3c2=O)CCC4)c1. The molecular formula is C20H22N2O3S. The third kappa shape index (κ3) is 3.15. The normalized spacial score (nSPS) is 14.6. The Morgan fingerprint density at radius 1 is 1.35 bits per heavy atom. The van der Waals surface area contributed by atoms with E-state index in [1.165, 1.54) is 15.8 Å². The standard InChI is InChI=1S/C20H22N2O3S/c1-12-6-7-13(2)16(8-12)25-10-14(23)9-22-11-21-19-18(20(22)24)15-4-3-5-17(15)26-19/h6-8,11,14,23H,3-5,9-10H2,1-2H3/t14-/m1/s1. The second kappa shape index (κ2) is 6.85. The van der Waals surface area contributed by atoms with E-state index in [0.29, 0.717) is 0 Å². The van der Waals surface area contributed by atoms with E-state index >= 15 is 0 Å². The molecule has 0 bridgehead atoms. The molecule has 26 heavy (non-hydrogen) atoms. The Labute approximate surface area is 155 Å². The van der Waals surface area contributed by atoms with Crippen LogP contribution in [0, 0.1) is 13.8 Å². The van der Waals surface area contributed by atoms with Gasteiger partial charge in [-0.25, -0.2) is 4.98 Å². The van der Waals surface area contributed by atoms with Crippen LogP contribution in [0.3, 0.4) is 0 Å². The Morgan fingerprint density at radius 2 is 2.19 bits per heavy atom. The summed E-state index contributed by atoms with van der Waals surface area (Å²) in [6.07, 6.45) is 3.87. The molecule has 1 N–H and O–H groups in total. The van der Waals surface area contributed by atoms with E-state index in [0.717, 1.165) is 51.9 Å². The summed E-state index contributed by atoms with van der Waals surface area (Å²) in [7, 11) is 0. The van der Waals surface area contributed by atoms with Crippen molar-refractivity contribution in [3.63, 3.8) is 0 Å². The number of hydrogen-bond acceptors (Lipinski definition) is 5. The quantitative estimate of drug-likeness (QED) is 0.750. The number of thiophene rings is 1. The van der Waals surface area contributed by atoms with Crippen molar-refractivity contribution in [1.82, 2.24) is 9.55 Å². The molecule has 0 radical (unpaired) electrons. The van der Waals surface area contributed by atoms with Crippen LogP contribution in [0.25, 0.3) is 10.2 Å². The van der Waals surface area contributed by atoms with Gasteiger partial charge in [0.2, 0.25) is 0 Å². The van der Waals surface area contributed by atoms with Gasteiger partial charge in [0.15, 0.2) is 0 Å². The zero-order valence-electron chi connectivity index (χ0n) is 15.0. The minimum absolute atomic E-state index is 0.0554. The van der Waals surface area contributed by atoms with E-state index in [9.17, 15) is 9.90 Å². The molecule has 0 fully saturated rings. The first-order chi connectivity index (χ1) is 12.5. The van der Waals surface area contributed by atoms with E-state index in [1.807, 2.05) is 32.0 Å². The fourth-order valence-corrected chi connectivity index (χ4v) is 4.70. The second-order valence-electron chi connectivity index (χ2n) is 6.97. The molecule has 0 unspecified atom stereocenters. The zero-order valence-corrected chi connectivity index (χ0v) is 15.8. The highest BCUT2D eigenvalue weighted by molar-refractivity contribution is 7.18. The molecule has 1 aromatic carbocycles. The first-order valence-electron chi connectivity index (χ1n) is 8.90. The third-order valence-electron chi connectivity index (χ3n) is 4.87. The lowest BCUT2D eigenvalue weighted by atomic mass is 10.1. The number of nitrogens with zero attached hydrogens (tertiary/aromatic N) is 2. The monoisotopic (exact) mass is 370 g/mol. The molecule has 2 heterocycles. The first kappa shape index (κ1) is 17.2. The van der Waals surface area contributed by atoms with Crippen molar-refractivity contribution in [3.05, 3.63) is 56.4 Å². The number of fused-ring (bicyclic) bond motifs is 3. The third-order valence-corrected chi connectivity index (χ3v) is 6.07. The molecule has 0 aliphatic heterocycles. The maximum Gasteiger partial charge on any atom is 0.262 e. The minimum atomic E-state index is -0.779. The van der Waals surface area contributed by atoms with Crippen LogP contribution in [0.4, 0.5) is 0 Å². The van der Waals surface area contributed by atoms with Crippen LogP contribution in [0.1, 0.15) is 28.0 Å². The highest BCUT2D eigenvalue weighted by Crippen LogP contribution is 2.34. The van der Waals surface area contributed by atoms with Crippen molar-refractivity contribution in [2.75, 3.05) is 6.61 Å². The van der Waals surface area contributed by atoms with Gasteiger partial charge in [-0.2, -0.15) is 0 Å². The summed E-state index contributed by atoms with van der Waals surface area (Å²) in [6.45, 7) is 4.29. The average Bonchev–Trinajstić information content (AvgIpc) is 3.19. The maximum atomic E-state index is 12.8. The van der Waals surface area contributed by atoms with E-state index in [2.05, 4.69) is 4.98 Å². The number of rotatable bonds is 5. The Kier molecular flexibility index (Phi) is 4.54. The van der Waals surface area contributed by atoms with E-state index in [4.69, 9.17) is 4.74 Å². The van der Waals surface area contributed by atoms with Gasteiger partial charge >= 0.3 is 0 Å². The molecule has 2 aromatic heterocycles. The van der Waals surface area contributed by atoms with Crippen molar-refractivity contribution in [2.24, 2.45) is 0 Å². The molecule has 1 aliphatic carbocycles. The molecule has 136 valence electrons. The predicted molar refractivity (Wildman–Crippen MR) is 103 cm³/mol. The smallest absolute Gasteiger partial charge is 0.262 e. The van der Waals surface area contributed by atoms with Crippen LogP contribution in [0.15, 0.2) is 29.3 Å². The molecule has 0 spiro atoms. The van der Waals surface area contributed by atoms with Gasteiger partial charge in [0.25, 0.3) is 5.56 Å². The Balaban J connectivity index is 1.51. The topological polar surface area (TPSA) is 64.3 Å². The molecule has 3 aromatic rings. The molecule has 6 heteroatoms. The van der Waals surface area contributed by atoms with Crippen LogP contribution in [-0.2, 0) is 19.4 Å². The number of aliphatic hydroxyl groups excluding tert-OH is 1. The van der Waals surface area contributed by atoms with E-state index in [-0.39, 0.29) is 18.7 Å². The molecule has 4 rings (SSSR count). The summed E-state index contributed by atoms with van der Waals surface area (Å²) >= 11 is 1.63. The largest absolute Gasteiger partial charge is 0.491 e. The maximum absolute atomic E-state index is 12.8. The van der Waals surface area contributed by atoms with Gasteiger partial charge in [0, 0.05) is 4.88 Å². The summed E-state index contributed by atoms with van der Waals surface area (Å²) in [4.78, 5) is 19.4. The van der Waals surface area contributed by atoms with Crippen molar-refractivity contribution >= 4 is 21.6 Å². The van der Waals surface area contributed by atoms with Gasteiger partial charge < -0.3 is 9.84 Å². The molecule has 1 atom stereocenters. The minimum Gasteiger partial charge on any atom is -0.491 e. The fraction of sp³-hybridized carbons (Fsp3) is 0.400. The lowest BCUT2D eigenvalue weighted by Gasteiger charge is -2.15.